The third-order valence-electron chi connectivity index (χ3n) is 9.92. The van der Waals surface area contributed by atoms with E-state index in [-0.39, 0.29) is 17.6 Å². The van der Waals surface area contributed by atoms with Gasteiger partial charge in [0.1, 0.15) is 0 Å². The highest BCUT2D eigenvalue weighted by Gasteiger charge is 2.78. The number of phenols is 1. The number of benzene rings is 2. The number of hydrogen-bond donors (Lipinski definition) is 1. The van der Waals surface area contributed by atoms with Crippen LogP contribution in [0.2, 0.25) is 0 Å². The molecule has 2 aromatic carbocycles. The molecule has 2 saturated carbocycles. The summed E-state index contributed by atoms with van der Waals surface area (Å²) in [5, 5.41) is 10.8. The zero-order valence-electron chi connectivity index (χ0n) is 20.6. The maximum atomic E-state index is 13.6. The van der Waals surface area contributed by atoms with Crippen molar-refractivity contribution in [1.82, 2.24) is 4.90 Å². The normalized spacial score (nSPS) is 35.0. The molecule has 184 valence electrons. The molecular formula is C30H35NO4. The molecule has 7 rings (SSSR count). The van der Waals surface area contributed by atoms with E-state index in [0.717, 1.165) is 56.7 Å². The van der Waals surface area contributed by atoms with Gasteiger partial charge in [-0.25, -0.2) is 0 Å². The van der Waals surface area contributed by atoms with E-state index in [1.807, 2.05) is 6.92 Å². The number of aromatic hydroxyl groups is 1. The van der Waals surface area contributed by atoms with Crippen LogP contribution in [0.1, 0.15) is 62.1 Å². The van der Waals surface area contributed by atoms with Crippen molar-refractivity contribution in [2.75, 3.05) is 19.7 Å². The van der Waals surface area contributed by atoms with Crippen molar-refractivity contribution in [1.29, 1.82) is 0 Å². The SMILES string of the molecule is C[C@@]12Oc3c(O)ccc4c3[C@@]13CCN(CC1CC1)C(C4)[C@]3(OCCCc1ccccc1)CCC2=O. The molecule has 0 radical (unpaired) electrons. The standard InChI is InChI=1S/C30H35NO4/c1-28-25(33)13-14-30(34-17-5-8-20-6-3-2-4-7-20)24-18-22-11-12-23(32)27(35-28)26(22)29(28,30)15-16-31(24)19-21-9-10-21/h2-4,6-7,11-12,21,24,32H,5,8-10,13-19H2,1H3/t24?,28-,29-,30+/m0/s1. The van der Waals surface area contributed by atoms with Crippen molar-refractivity contribution in [3.8, 4) is 11.5 Å². The average molecular weight is 474 g/mol. The van der Waals surface area contributed by atoms with E-state index >= 15 is 0 Å². The maximum absolute atomic E-state index is 13.6. The van der Waals surface area contributed by atoms with E-state index in [1.54, 1.807) is 6.07 Å². The number of aryl methyl sites for hydroxylation is 1. The summed E-state index contributed by atoms with van der Waals surface area (Å²) in [7, 11) is 0. The molecule has 5 heteroatoms. The van der Waals surface area contributed by atoms with Gasteiger partial charge in [0.15, 0.2) is 22.9 Å². The first-order valence-corrected chi connectivity index (χ1v) is 13.5. The molecule has 2 aromatic rings. The summed E-state index contributed by atoms with van der Waals surface area (Å²) >= 11 is 0. The minimum absolute atomic E-state index is 0.151. The van der Waals surface area contributed by atoms with Crippen LogP contribution in [0.25, 0.3) is 0 Å². The Hall–Kier alpha value is -2.37. The number of carbonyl (C=O) groups is 1. The van der Waals surface area contributed by atoms with E-state index in [1.165, 1.54) is 24.0 Å². The minimum Gasteiger partial charge on any atom is -0.504 e. The quantitative estimate of drug-likeness (QED) is 0.597. The Morgan fingerprint density at radius 3 is 2.77 bits per heavy atom. The molecular weight excluding hydrogens is 438 g/mol. The van der Waals surface area contributed by atoms with Gasteiger partial charge >= 0.3 is 0 Å². The average Bonchev–Trinajstić information content (AvgIpc) is 3.63. The van der Waals surface area contributed by atoms with Gasteiger partial charge in [-0.1, -0.05) is 36.4 Å². The maximum Gasteiger partial charge on any atom is 0.177 e. The number of ether oxygens (including phenoxy) is 2. The zero-order valence-corrected chi connectivity index (χ0v) is 20.6. The van der Waals surface area contributed by atoms with Gasteiger partial charge in [0.25, 0.3) is 0 Å². The number of rotatable bonds is 7. The largest absolute Gasteiger partial charge is 0.504 e. The summed E-state index contributed by atoms with van der Waals surface area (Å²) in [6.07, 6.45) is 7.51. The number of ketones is 1. The summed E-state index contributed by atoms with van der Waals surface area (Å²) in [6.45, 7) is 4.73. The molecule has 2 heterocycles. The van der Waals surface area contributed by atoms with Gasteiger partial charge in [-0.2, -0.15) is 0 Å². The van der Waals surface area contributed by atoms with Crippen LogP contribution < -0.4 is 4.74 Å². The van der Waals surface area contributed by atoms with E-state index in [9.17, 15) is 9.90 Å². The molecule has 1 unspecified atom stereocenters. The van der Waals surface area contributed by atoms with E-state index in [2.05, 4.69) is 41.3 Å². The van der Waals surface area contributed by atoms with Crippen LogP contribution in [-0.2, 0) is 27.8 Å². The fourth-order valence-electron chi connectivity index (χ4n) is 8.15. The number of carbonyl (C=O) groups excluding carboxylic acids is 1. The molecule has 2 bridgehead atoms. The fourth-order valence-corrected chi connectivity index (χ4v) is 8.15. The first-order chi connectivity index (χ1) is 17.0. The van der Waals surface area contributed by atoms with E-state index in [4.69, 9.17) is 9.47 Å². The zero-order chi connectivity index (χ0) is 23.8. The molecule has 35 heavy (non-hydrogen) atoms. The molecule has 5 nitrogen and oxygen atoms in total. The Bertz CT molecular complexity index is 1180. The minimum atomic E-state index is -0.995. The van der Waals surface area contributed by atoms with E-state index in [0.29, 0.717) is 18.8 Å². The lowest BCUT2D eigenvalue weighted by Gasteiger charge is -2.66. The van der Waals surface area contributed by atoms with Gasteiger partial charge in [0.2, 0.25) is 0 Å². The monoisotopic (exact) mass is 473 g/mol. The molecule has 1 N–H and O–H groups in total. The summed E-state index contributed by atoms with van der Waals surface area (Å²) < 4.78 is 13.7. The Kier molecular flexibility index (Phi) is 4.73. The second-order valence-electron chi connectivity index (χ2n) is 11.6. The summed E-state index contributed by atoms with van der Waals surface area (Å²) in [6, 6.07) is 14.6. The van der Waals surface area contributed by atoms with Gasteiger partial charge < -0.3 is 14.6 Å². The van der Waals surface area contributed by atoms with Crippen molar-refractivity contribution >= 4 is 5.78 Å². The summed E-state index contributed by atoms with van der Waals surface area (Å²) in [5.41, 5.74) is 1.60. The highest BCUT2D eigenvalue weighted by Crippen LogP contribution is 2.69. The van der Waals surface area contributed by atoms with Crippen molar-refractivity contribution in [3.63, 3.8) is 0 Å². The molecule has 3 aliphatic carbocycles. The topological polar surface area (TPSA) is 59.0 Å². The van der Waals surface area contributed by atoms with Crippen LogP contribution in [0.3, 0.4) is 0 Å². The van der Waals surface area contributed by atoms with Crippen LogP contribution in [0, 0.1) is 5.92 Å². The van der Waals surface area contributed by atoms with Crippen LogP contribution in [0.15, 0.2) is 42.5 Å². The highest BCUT2D eigenvalue weighted by atomic mass is 16.5. The number of likely N-dealkylation sites (tertiary alicyclic amines) is 1. The number of hydrogen-bond acceptors (Lipinski definition) is 5. The number of phenolic OH excluding ortho intramolecular Hbond substituents is 1. The Morgan fingerprint density at radius 2 is 1.97 bits per heavy atom. The van der Waals surface area contributed by atoms with Gasteiger partial charge in [-0.3, -0.25) is 9.69 Å². The Balaban J connectivity index is 1.31. The van der Waals surface area contributed by atoms with Crippen LogP contribution in [-0.4, -0.2) is 52.7 Å². The molecule has 5 aliphatic rings. The molecule has 1 spiro atoms. The van der Waals surface area contributed by atoms with Crippen molar-refractivity contribution in [2.24, 2.45) is 5.92 Å². The van der Waals surface area contributed by atoms with Gasteiger partial charge in [0, 0.05) is 31.2 Å². The Morgan fingerprint density at radius 1 is 1.14 bits per heavy atom. The lowest BCUT2D eigenvalue weighted by atomic mass is 9.45. The third-order valence-corrected chi connectivity index (χ3v) is 9.92. The van der Waals surface area contributed by atoms with E-state index < -0.39 is 16.6 Å². The van der Waals surface area contributed by atoms with Gasteiger partial charge in [-0.15, -0.1) is 0 Å². The van der Waals surface area contributed by atoms with Crippen molar-refractivity contribution in [3.05, 3.63) is 59.2 Å². The van der Waals surface area contributed by atoms with Crippen LogP contribution in [0.5, 0.6) is 11.5 Å². The van der Waals surface area contributed by atoms with Crippen molar-refractivity contribution < 1.29 is 19.4 Å². The number of Topliss-reactive ketones (excluding diaryl/α,β-unsaturated/α-hetero) is 1. The second kappa shape index (κ2) is 7.57. The summed E-state index contributed by atoms with van der Waals surface area (Å²) in [4.78, 5) is 16.3. The highest BCUT2D eigenvalue weighted by molar-refractivity contribution is 5.94. The predicted molar refractivity (Wildman–Crippen MR) is 133 cm³/mol. The number of piperidine rings is 1. The third kappa shape index (κ3) is 2.85. The molecule has 2 aliphatic heterocycles. The lowest BCUT2D eigenvalue weighted by molar-refractivity contribution is -0.231. The van der Waals surface area contributed by atoms with Crippen LogP contribution in [0.4, 0.5) is 0 Å². The molecule has 4 atom stereocenters. The first-order valence-electron chi connectivity index (χ1n) is 13.5. The van der Waals surface area contributed by atoms with Gasteiger partial charge in [-0.05, 0) is 81.5 Å². The second-order valence-corrected chi connectivity index (χ2v) is 11.6. The lowest BCUT2D eigenvalue weighted by Crippen LogP contribution is -2.80. The fraction of sp³-hybridized carbons (Fsp3) is 0.567. The molecule has 3 fully saturated rings. The van der Waals surface area contributed by atoms with Crippen LogP contribution >= 0.6 is 0 Å². The first kappa shape index (κ1) is 21.9. The molecule has 0 amide bonds. The van der Waals surface area contributed by atoms with Gasteiger partial charge in [0.05, 0.1) is 11.0 Å². The van der Waals surface area contributed by atoms with Crippen molar-refractivity contribution in [2.45, 2.75) is 80.9 Å². The summed E-state index contributed by atoms with van der Waals surface area (Å²) in [5.74, 6) is 1.64. The predicted octanol–water partition coefficient (Wildman–Crippen LogP) is 4.57. The molecule has 1 saturated heterocycles. The molecule has 0 aromatic heterocycles. The Labute approximate surface area is 207 Å². The number of nitrogens with zero attached hydrogens (tertiary/aromatic N) is 1. The smallest absolute Gasteiger partial charge is 0.177 e.